The lowest BCUT2D eigenvalue weighted by Gasteiger charge is -2.51. The summed E-state index contributed by atoms with van der Waals surface area (Å²) in [5.41, 5.74) is 1.47. The molecule has 4 unspecified atom stereocenters. The number of rotatable bonds is 2. The maximum atomic E-state index is 3.83. The quantitative estimate of drug-likeness (QED) is 0.889. The second-order valence-electron chi connectivity index (χ2n) is 7.16. The highest BCUT2D eigenvalue weighted by Gasteiger charge is 2.42. The van der Waals surface area contributed by atoms with Crippen LogP contribution in [0.3, 0.4) is 0 Å². The lowest BCUT2D eigenvalue weighted by Crippen LogP contribution is -2.57. The van der Waals surface area contributed by atoms with Crippen LogP contribution in [0.5, 0.6) is 0 Å². The molecule has 20 heavy (non-hydrogen) atoms. The molecule has 1 saturated carbocycles. The Balaban J connectivity index is 1.45. The summed E-state index contributed by atoms with van der Waals surface area (Å²) >= 11 is 0. The molecule has 4 rings (SSSR count). The van der Waals surface area contributed by atoms with Crippen molar-refractivity contribution in [3.63, 3.8) is 0 Å². The van der Waals surface area contributed by atoms with Gasteiger partial charge < -0.3 is 5.32 Å². The van der Waals surface area contributed by atoms with Gasteiger partial charge in [-0.15, -0.1) is 0 Å². The van der Waals surface area contributed by atoms with Crippen molar-refractivity contribution in [3.05, 3.63) is 35.9 Å². The normalized spacial score (nSPS) is 37.4. The molecular weight excluding hydrogens is 244 g/mol. The molecule has 0 amide bonds. The smallest absolute Gasteiger partial charge is 0.0233 e. The second-order valence-corrected chi connectivity index (χ2v) is 7.16. The number of piperidine rings is 2. The van der Waals surface area contributed by atoms with E-state index in [-0.39, 0.29) is 0 Å². The summed E-state index contributed by atoms with van der Waals surface area (Å²) in [6.07, 6.45) is 5.82. The molecule has 0 spiro atoms. The minimum absolute atomic E-state index is 0.818. The number of likely N-dealkylation sites (tertiary alicyclic amines) is 1. The van der Waals surface area contributed by atoms with Gasteiger partial charge in [-0.3, -0.25) is 4.90 Å². The van der Waals surface area contributed by atoms with Gasteiger partial charge in [-0.05, 0) is 55.5 Å². The van der Waals surface area contributed by atoms with Crippen LogP contribution in [-0.4, -0.2) is 30.6 Å². The topological polar surface area (TPSA) is 15.3 Å². The highest BCUT2D eigenvalue weighted by Crippen LogP contribution is 2.41. The summed E-state index contributed by atoms with van der Waals surface area (Å²) in [5.74, 6) is 2.83. The average Bonchev–Trinajstić information content (AvgIpc) is 2.48. The van der Waals surface area contributed by atoms with E-state index in [0.29, 0.717) is 0 Å². The summed E-state index contributed by atoms with van der Waals surface area (Å²) in [6, 6.07) is 11.8. The first-order valence-electron chi connectivity index (χ1n) is 8.38. The molecule has 2 aliphatic heterocycles. The van der Waals surface area contributed by atoms with E-state index in [1.54, 1.807) is 0 Å². The third kappa shape index (κ3) is 2.51. The molecule has 3 aliphatic rings. The van der Waals surface area contributed by atoms with Crippen LogP contribution in [0.4, 0.5) is 0 Å². The van der Waals surface area contributed by atoms with Gasteiger partial charge in [0.15, 0.2) is 0 Å². The van der Waals surface area contributed by atoms with Crippen LogP contribution in [0.2, 0.25) is 0 Å². The summed E-state index contributed by atoms with van der Waals surface area (Å²) in [5, 5.41) is 3.83. The number of nitrogens with one attached hydrogen (secondary N) is 1. The van der Waals surface area contributed by atoms with E-state index in [1.807, 2.05) is 0 Å². The van der Waals surface area contributed by atoms with Gasteiger partial charge in [-0.25, -0.2) is 0 Å². The lowest BCUT2D eigenvalue weighted by atomic mass is 9.66. The van der Waals surface area contributed by atoms with Crippen molar-refractivity contribution in [2.24, 2.45) is 17.8 Å². The SMILES string of the molecule is c1ccc(CN2CC3CC4CCCNC4C(C3)C2)cc1. The number of hydrogen-bond donors (Lipinski definition) is 1. The Hall–Kier alpha value is -0.860. The largest absolute Gasteiger partial charge is 0.313 e. The van der Waals surface area contributed by atoms with Gasteiger partial charge in [0.1, 0.15) is 0 Å². The Kier molecular flexibility index (Phi) is 3.53. The van der Waals surface area contributed by atoms with E-state index in [9.17, 15) is 0 Å². The molecule has 0 aromatic heterocycles. The molecule has 1 aromatic carbocycles. The van der Waals surface area contributed by atoms with Crippen molar-refractivity contribution in [3.8, 4) is 0 Å². The number of benzene rings is 1. The number of fused-ring (bicyclic) bond motifs is 4. The fourth-order valence-corrected chi connectivity index (χ4v) is 4.97. The Morgan fingerprint density at radius 2 is 1.90 bits per heavy atom. The zero-order chi connectivity index (χ0) is 13.4. The van der Waals surface area contributed by atoms with Crippen molar-refractivity contribution >= 4 is 0 Å². The summed E-state index contributed by atoms with van der Waals surface area (Å²) in [7, 11) is 0. The van der Waals surface area contributed by atoms with Crippen LogP contribution in [0.25, 0.3) is 0 Å². The molecule has 0 radical (unpaired) electrons. The molecule has 2 heterocycles. The van der Waals surface area contributed by atoms with E-state index < -0.39 is 0 Å². The number of hydrogen-bond acceptors (Lipinski definition) is 2. The maximum Gasteiger partial charge on any atom is 0.0233 e. The summed E-state index contributed by atoms with van der Waals surface area (Å²) < 4.78 is 0. The molecule has 1 aromatic rings. The summed E-state index contributed by atoms with van der Waals surface area (Å²) in [4.78, 5) is 2.71. The first-order chi connectivity index (χ1) is 9.88. The van der Waals surface area contributed by atoms with E-state index in [1.165, 1.54) is 50.9 Å². The van der Waals surface area contributed by atoms with Gasteiger partial charge >= 0.3 is 0 Å². The fourth-order valence-electron chi connectivity index (χ4n) is 4.97. The van der Waals surface area contributed by atoms with E-state index in [2.05, 4.69) is 40.5 Å². The molecule has 2 nitrogen and oxygen atoms in total. The molecule has 2 bridgehead atoms. The van der Waals surface area contributed by atoms with Crippen LogP contribution < -0.4 is 5.32 Å². The predicted octanol–water partition coefficient (Wildman–Crippen LogP) is 2.90. The predicted molar refractivity (Wildman–Crippen MR) is 82.4 cm³/mol. The molecular formula is C18H26N2. The molecule has 1 aliphatic carbocycles. The standard InChI is InChI=1S/C18H26N2/c1-2-5-14(6-3-1)11-20-12-15-9-16-7-4-8-19-18(16)17(10-15)13-20/h1-3,5-6,15-19H,4,7-13H2. The van der Waals surface area contributed by atoms with Gasteiger partial charge in [-0.2, -0.15) is 0 Å². The van der Waals surface area contributed by atoms with Crippen LogP contribution in [0, 0.1) is 17.8 Å². The van der Waals surface area contributed by atoms with Gasteiger partial charge in [0, 0.05) is 25.7 Å². The Morgan fingerprint density at radius 1 is 1.05 bits per heavy atom. The Labute approximate surface area is 122 Å². The first-order valence-corrected chi connectivity index (χ1v) is 8.38. The van der Waals surface area contributed by atoms with Crippen molar-refractivity contribution in [1.29, 1.82) is 0 Å². The van der Waals surface area contributed by atoms with Crippen molar-refractivity contribution in [2.45, 2.75) is 38.3 Å². The minimum atomic E-state index is 0.818. The van der Waals surface area contributed by atoms with Gasteiger partial charge in [0.25, 0.3) is 0 Å². The van der Waals surface area contributed by atoms with Gasteiger partial charge in [-0.1, -0.05) is 30.3 Å². The van der Waals surface area contributed by atoms with Crippen LogP contribution >= 0.6 is 0 Å². The first kappa shape index (κ1) is 12.8. The summed E-state index contributed by atoms with van der Waals surface area (Å²) in [6.45, 7) is 5.03. The lowest BCUT2D eigenvalue weighted by molar-refractivity contribution is 0.0130. The van der Waals surface area contributed by atoms with E-state index in [4.69, 9.17) is 0 Å². The monoisotopic (exact) mass is 270 g/mol. The maximum absolute atomic E-state index is 3.83. The molecule has 2 saturated heterocycles. The average molecular weight is 270 g/mol. The van der Waals surface area contributed by atoms with Crippen LogP contribution in [0.15, 0.2) is 30.3 Å². The Bertz CT molecular complexity index is 444. The highest BCUT2D eigenvalue weighted by molar-refractivity contribution is 5.14. The third-order valence-corrected chi connectivity index (χ3v) is 5.68. The third-order valence-electron chi connectivity index (χ3n) is 5.68. The van der Waals surface area contributed by atoms with Crippen molar-refractivity contribution in [1.82, 2.24) is 10.2 Å². The Morgan fingerprint density at radius 3 is 2.80 bits per heavy atom. The fraction of sp³-hybridized carbons (Fsp3) is 0.667. The van der Waals surface area contributed by atoms with Crippen LogP contribution in [-0.2, 0) is 6.54 Å². The van der Waals surface area contributed by atoms with E-state index in [0.717, 1.165) is 30.3 Å². The van der Waals surface area contributed by atoms with Crippen molar-refractivity contribution < 1.29 is 0 Å². The van der Waals surface area contributed by atoms with Crippen molar-refractivity contribution in [2.75, 3.05) is 19.6 Å². The second kappa shape index (κ2) is 5.50. The van der Waals surface area contributed by atoms with E-state index >= 15 is 0 Å². The highest BCUT2D eigenvalue weighted by atomic mass is 15.1. The zero-order valence-electron chi connectivity index (χ0n) is 12.3. The number of nitrogens with zero attached hydrogens (tertiary/aromatic N) is 1. The molecule has 3 fully saturated rings. The molecule has 108 valence electrons. The van der Waals surface area contributed by atoms with Crippen LogP contribution in [0.1, 0.15) is 31.2 Å². The zero-order valence-corrected chi connectivity index (χ0v) is 12.3. The molecule has 2 heteroatoms. The van der Waals surface area contributed by atoms with Gasteiger partial charge in [0.2, 0.25) is 0 Å². The minimum Gasteiger partial charge on any atom is -0.313 e. The van der Waals surface area contributed by atoms with Gasteiger partial charge in [0.05, 0.1) is 0 Å². The molecule has 4 atom stereocenters. The molecule has 1 N–H and O–H groups in total.